The van der Waals surface area contributed by atoms with Gasteiger partial charge in [-0.1, -0.05) is 244 Å². The van der Waals surface area contributed by atoms with Crippen molar-refractivity contribution in [1.82, 2.24) is 5.32 Å². The first-order chi connectivity index (χ1) is 34.7. The number of amides is 1. The Hall–Kier alpha value is -1.41. The molecule has 0 aromatic heterocycles. The highest BCUT2D eigenvalue weighted by Gasteiger charge is 2.44. The second-order valence-corrected chi connectivity index (χ2v) is 21.4. The zero-order valence-corrected chi connectivity index (χ0v) is 46.0. The molecule has 11 nitrogen and oxygen atoms in total. The fourth-order valence-electron chi connectivity index (χ4n) is 9.79. The number of hydrogen-bond donors (Lipinski definition) is 8. The number of carbonyl (C=O) groups excluding carboxylic acids is 1. The van der Waals surface area contributed by atoms with Gasteiger partial charge >= 0.3 is 0 Å². The number of ether oxygens (including phenoxy) is 2. The van der Waals surface area contributed by atoms with E-state index in [9.17, 15) is 40.5 Å². The normalized spacial score (nSPS) is 20.3. The van der Waals surface area contributed by atoms with Crippen LogP contribution in [0.1, 0.15) is 284 Å². The Morgan fingerprint density at radius 3 is 1.21 bits per heavy atom. The molecule has 9 unspecified atom stereocenters. The summed E-state index contributed by atoms with van der Waals surface area (Å²) in [4.78, 5) is 13.2. The molecule has 0 radical (unpaired) electrons. The standard InChI is InChI=1S/C60H115NO10/c1-3-5-7-9-11-13-15-17-18-19-20-21-22-23-24-25-26-27-28-29-30-31-32-33-34-36-38-40-42-44-46-48-53(64)59(69)61-51(50-70-60-58(68)57(67)56(66)54(49-62)71-60)55(65)52(63)47-45-43-41-39-37-35-16-14-12-10-8-6-4-2/h23-24,39,41,51-58,60,62-68H,3-22,25-38,40,42-50H2,1-2H3,(H,61,69)/b24-23-,41-39+. The van der Waals surface area contributed by atoms with Gasteiger partial charge < -0.3 is 50.5 Å². The molecule has 1 aliphatic heterocycles. The second kappa shape index (κ2) is 49.5. The van der Waals surface area contributed by atoms with Gasteiger partial charge in [0.2, 0.25) is 5.91 Å². The first-order valence-corrected chi connectivity index (χ1v) is 30.2. The Balaban J connectivity index is 2.20. The van der Waals surface area contributed by atoms with E-state index in [2.05, 4.69) is 43.5 Å². The number of allylic oxidation sites excluding steroid dienone is 4. The highest BCUT2D eigenvalue weighted by molar-refractivity contribution is 5.80. The van der Waals surface area contributed by atoms with Crippen molar-refractivity contribution in [3.63, 3.8) is 0 Å². The Bertz CT molecular complexity index is 1200. The van der Waals surface area contributed by atoms with Gasteiger partial charge in [0, 0.05) is 0 Å². The van der Waals surface area contributed by atoms with Gasteiger partial charge in [-0.05, 0) is 64.2 Å². The Labute approximate surface area is 435 Å². The molecule has 1 amide bonds. The van der Waals surface area contributed by atoms with E-state index in [0.29, 0.717) is 12.8 Å². The summed E-state index contributed by atoms with van der Waals surface area (Å²) in [5.41, 5.74) is 0. The van der Waals surface area contributed by atoms with Crippen LogP contribution >= 0.6 is 0 Å². The van der Waals surface area contributed by atoms with Gasteiger partial charge in [-0.2, -0.15) is 0 Å². The molecule has 420 valence electrons. The van der Waals surface area contributed by atoms with Crippen LogP contribution in [0, 0.1) is 0 Å². The van der Waals surface area contributed by atoms with E-state index >= 15 is 0 Å². The van der Waals surface area contributed by atoms with Crippen molar-refractivity contribution in [3.05, 3.63) is 24.3 Å². The maximum atomic E-state index is 13.2. The summed E-state index contributed by atoms with van der Waals surface area (Å²) in [5.74, 6) is -0.703. The van der Waals surface area contributed by atoms with Crippen molar-refractivity contribution in [3.8, 4) is 0 Å². The lowest BCUT2D eigenvalue weighted by atomic mass is 9.98. The number of aliphatic hydroxyl groups is 7. The predicted molar refractivity (Wildman–Crippen MR) is 293 cm³/mol. The minimum Gasteiger partial charge on any atom is -0.394 e. The minimum absolute atomic E-state index is 0.257. The van der Waals surface area contributed by atoms with Crippen molar-refractivity contribution in [2.75, 3.05) is 13.2 Å². The van der Waals surface area contributed by atoms with Gasteiger partial charge in [0.1, 0.15) is 36.6 Å². The highest BCUT2D eigenvalue weighted by atomic mass is 16.7. The van der Waals surface area contributed by atoms with E-state index in [4.69, 9.17) is 9.47 Å². The van der Waals surface area contributed by atoms with Crippen molar-refractivity contribution in [2.45, 2.75) is 339 Å². The average molecular weight is 1010 g/mol. The monoisotopic (exact) mass is 1010 g/mol. The third kappa shape index (κ3) is 37.9. The lowest BCUT2D eigenvalue weighted by Crippen LogP contribution is -2.60. The second-order valence-electron chi connectivity index (χ2n) is 21.4. The summed E-state index contributed by atoms with van der Waals surface area (Å²) in [5, 5.41) is 76.0. The van der Waals surface area contributed by atoms with Crippen LogP contribution in [0.5, 0.6) is 0 Å². The van der Waals surface area contributed by atoms with E-state index in [-0.39, 0.29) is 12.8 Å². The van der Waals surface area contributed by atoms with Gasteiger partial charge in [-0.3, -0.25) is 4.79 Å². The van der Waals surface area contributed by atoms with Gasteiger partial charge in [0.25, 0.3) is 0 Å². The third-order valence-electron chi connectivity index (χ3n) is 14.7. The lowest BCUT2D eigenvalue weighted by molar-refractivity contribution is -0.303. The first kappa shape index (κ1) is 67.6. The van der Waals surface area contributed by atoms with Gasteiger partial charge in [0.15, 0.2) is 6.29 Å². The van der Waals surface area contributed by atoms with Crippen LogP contribution in [0.3, 0.4) is 0 Å². The summed E-state index contributed by atoms with van der Waals surface area (Å²) < 4.78 is 11.1. The fraction of sp³-hybridized carbons (Fsp3) is 0.917. The van der Waals surface area contributed by atoms with Crippen molar-refractivity contribution in [1.29, 1.82) is 0 Å². The topological polar surface area (TPSA) is 189 Å². The maximum Gasteiger partial charge on any atom is 0.249 e. The molecule has 8 N–H and O–H groups in total. The van der Waals surface area contributed by atoms with E-state index < -0.39 is 74.2 Å². The van der Waals surface area contributed by atoms with E-state index in [1.807, 2.05) is 0 Å². The molecule has 0 aromatic carbocycles. The maximum absolute atomic E-state index is 13.2. The van der Waals surface area contributed by atoms with Gasteiger partial charge in [0.05, 0.1) is 25.4 Å². The van der Waals surface area contributed by atoms with Crippen molar-refractivity contribution >= 4 is 5.91 Å². The lowest BCUT2D eigenvalue weighted by Gasteiger charge is -2.40. The van der Waals surface area contributed by atoms with Gasteiger partial charge in [-0.15, -0.1) is 0 Å². The molecule has 0 aliphatic carbocycles. The number of hydrogen-bond acceptors (Lipinski definition) is 10. The summed E-state index contributed by atoms with van der Waals surface area (Å²) >= 11 is 0. The van der Waals surface area contributed by atoms with Crippen LogP contribution in [0.2, 0.25) is 0 Å². The predicted octanol–water partition coefficient (Wildman–Crippen LogP) is 12.9. The Morgan fingerprint density at radius 2 is 0.831 bits per heavy atom. The molecule has 9 atom stereocenters. The Kier molecular flexibility index (Phi) is 47.1. The fourth-order valence-corrected chi connectivity index (χ4v) is 9.79. The average Bonchev–Trinajstić information content (AvgIpc) is 3.37. The van der Waals surface area contributed by atoms with Crippen LogP contribution in [0.15, 0.2) is 24.3 Å². The molecular formula is C60H115NO10. The largest absolute Gasteiger partial charge is 0.394 e. The number of unbranched alkanes of at least 4 members (excludes halogenated alkanes) is 36. The molecule has 0 bridgehead atoms. The molecule has 11 heteroatoms. The molecule has 0 spiro atoms. The molecular weight excluding hydrogens is 895 g/mol. The molecule has 0 saturated carbocycles. The molecule has 1 aliphatic rings. The molecule has 1 heterocycles. The molecule has 1 rings (SSSR count). The third-order valence-corrected chi connectivity index (χ3v) is 14.7. The van der Waals surface area contributed by atoms with Crippen molar-refractivity contribution in [2.24, 2.45) is 0 Å². The number of aliphatic hydroxyl groups excluding tert-OH is 7. The van der Waals surface area contributed by atoms with Crippen molar-refractivity contribution < 1.29 is 50.0 Å². The highest BCUT2D eigenvalue weighted by Crippen LogP contribution is 2.23. The SMILES string of the molecule is CCCCCCCCCC/C=C/CCCC(O)C(O)C(COC1OC(CO)C(O)C(O)C1O)NC(=O)C(O)CCCCCCCCCCCCCCCCC/C=C\CCCCCCCCCCCCCC. The van der Waals surface area contributed by atoms with Crippen LogP contribution < -0.4 is 5.32 Å². The molecule has 1 saturated heterocycles. The Morgan fingerprint density at radius 1 is 0.479 bits per heavy atom. The van der Waals surface area contributed by atoms with Gasteiger partial charge in [-0.25, -0.2) is 0 Å². The molecule has 71 heavy (non-hydrogen) atoms. The van der Waals surface area contributed by atoms with E-state index in [1.165, 1.54) is 205 Å². The summed E-state index contributed by atoms with van der Waals surface area (Å²) in [6.45, 7) is 3.45. The number of rotatable bonds is 52. The van der Waals surface area contributed by atoms with Crippen LogP contribution in [-0.2, 0) is 14.3 Å². The summed E-state index contributed by atoms with van der Waals surface area (Å²) in [6, 6.07) is -1.18. The van der Waals surface area contributed by atoms with E-state index in [0.717, 1.165) is 38.5 Å². The summed E-state index contributed by atoms with van der Waals surface area (Å²) in [7, 11) is 0. The first-order valence-electron chi connectivity index (χ1n) is 30.2. The minimum atomic E-state index is -1.67. The smallest absolute Gasteiger partial charge is 0.249 e. The molecule has 1 fully saturated rings. The van der Waals surface area contributed by atoms with Crippen LogP contribution in [0.4, 0.5) is 0 Å². The van der Waals surface area contributed by atoms with Crippen LogP contribution in [0.25, 0.3) is 0 Å². The quantitative estimate of drug-likeness (QED) is 0.0215. The van der Waals surface area contributed by atoms with Crippen LogP contribution in [-0.4, -0.2) is 110 Å². The number of nitrogens with one attached hydrogen (secondary N) is 1. The zero-order chi connectivity index (χ0) is 51.8. The molecule has 0 aromatic rings. The van der Waals surface area contributed by atoms with E-state index in [1.54, 1.807) is 0 Å². The zero-order valence-electron chi connectivity index (χ0n) is 46.0. The summed E-state index contributed by atoms with van der Waals surface area (Å²) in [6.07, 6.45) is 48.3. The number of carbonyl (C=O) groups is 1.